The van der Waals surface area contributed by atoms with Gasteiger partial charge in [-0.3, -0.25) is 0 Å². The average Bonchev–Trinajstić information content (AvgIpc) is 2.25. The van der Waals surface area contributed by atoms with Gasteiger partial charge in [-0.05, 0) is 36.6 Å². The quantitative estimate of drug-likeness (QED) is 0.806. The summed E-state index contributed by atoms with van der Waals surface area (Å²) in [5, 5.41) is 9.72. The second kappa shape index (κ2) is 4.40. The van der Waals surface area contributed by atoms with Crippen molar-refractivity contribution in [3.05, 3.63) is 64.7 Å². The van der Waals surface area contributed by atoms with E-state index in [0.29, 0.717) is 5.75 Å². The van der Waals surface area contributed by atoms with Crippen molar-refractivity contribution < 1.29 is 5.11 Å². The van der Waals surface area contributed by atoms with Crippen molar-refractivity contribution in [3.63, 3.8) is 0 Å². The maximum absolute atomic E-state index is 9.72. The molecule has 0 aromatic heterocycles. The van der Waals surface area contributed by atoms with Crippen molar-refractivity contribution in [3.8, 4) is 5.75 Å². The summed E-state index contributed by atoms with van der Waals surface area (Å²) in [4.78, 5) is 0. The fraction of sp³-hybridized carbons (Fsp3) is 0.200. The molecule has 0 aliphatic heterocycles. The van der Waals surface area contributed by atoms with Crippen molar-refractivity contribution >= 4 is 0 Å². The largest absolute Gasteiger partial charge is 0.508 e. The number of hydrogen-bond acceptors (Lipinski definition) is 1. The van der Waals surface area contributed by atoms with Crippen molar-refractivity contribution in [1.29, 1.82) is 0 Å². The first-order valence-electron chi connectivity index (χ1n) is 5.50. The highest BCUT2D eigenvalue weighted by Crippen LogP contribution is 2.21. The maximum Gasteiger partial charge on any atom is 0.119 e. The van der Waals surface area contributed by atoms with Gasteiger partial charge >= 0.3 is 0 Å². The monoisotopic (exact) mass is 212 g/mol. The van der Waals surface area contributed by atoms with Crippen LogP contribution in [0.1, 0.15) is 22.3 Å². The Morgan fingerprint density at radius 2 is 1.69 bits per heavy atom. The zero-order chi connectivity index (χ0) is 11.5. The minimum atomic E-state index is 0.377. The van der Waals surface area contributed by atoms with Crippen molar-refractivity contribution in [2.45, 2.75) is 20.3 Å². The first kappa shape index (κ1) is 10.7. The molecule has 0 radical (unpaired) electrons. The van der Waals surface area contributed by atoms with Gasteiger partial charge in [-0.2, -0.15) is 0 Å². The predicted molar refractivity (Wildman–Crippen MR) is 66.8 cm³/mol. The van der Waals surface area contributed by atoms with E-state index in [1.807, 2.05) is 18.2 Å². The maximum atomic E-state index is 9.72. The molecule has 0 aliphatic carbocycles. The Morgan fingerprint density at radius 3 is 2.38 bits per heavy atom. The minimum Gasteiger partial charge on any atom is -0.508 e. The highest BCUT2D eigenvalue weighted by atomic mass is 16.3. The van der Waals surface area contributed by atoms with E-state index < -0.39 is 0 Å². The van der Waals surface area contributed by atoms with E-state index in [1.165, 1.54) is 16.7 Å². The second-order valence-corrected chi connectivity index (χ2v) is 4.24. The molecule has 1 nitrogen and oxygen atoms in total. The summed E-state index contributed by atoms with van der Waals surface area (Å²) in [5.74, 6) is 0.377. The molecule has 1 N–H and O–H groups in total. The molecule has 82 valence electrons. The Hall–Kier alpha value is -1.76. The normalized spacial score (nSPS) is 10.4. The molecule has 0 spiro atoms. The number of hydrogen-bond donors (Lipinski definition) is 1. The van der Waals surface area contributed by atoms with E-state index in [0.717, 1.165) is 12.0 Å². The molecule has 0 unspecified atom stereocenters. The molecule has 0 heterocycles. The smallest absolute Gasteiger partial charge is 0.119 e. The molecular weight excluding hydrogens is 196 g/mol. The second-order valence-electron chi connectivity index (χ2n) is 4.24. The molecule has 2 aromatic rings. The Labute approximate surface area is 96.4 Å². The molecule has 0 bridgehead atoms. The number of para-hydroxylation sites is 1. The van der Waals surface area contributed by atoms with Gasteiger partial charge in [0.15, 0.2) is 0 Å². The van der Waals surface area contributed by atoms with Crippen LogP contribution in [0.15, 0.2) is 42.5 Å². The SMILES string of the molecule is Cc1ccc(Cc2ccccc2O)c(C)c1. The topological polar surface area (TPSA) is 20.2 Å². The standard InChI is InChI=1S/C15H16O/c1-11-7-8-13(12(2)9-11)10-14-5-3-4-6-15(14)16/h3-9,16H,10H2,1-2H3. The number of phenolic OH excluding ortho intramolecular Hbond substituents is 1. The molecular formula is C15H16O. The molecule has 1 heteroatoms. The van der Waals surface area contributed by atoms with Crippen LogP contribution in [-0.2, 0) is 6.42 Å². The highest BCUT2D eigenvalue weighted by molar-refractivity contribution is 5.39. The summed E-state index contributed by atoms with van der Waals surface area (Å²) in [6.45, 7) is 4.21. The third kappa shape index (κ3) is 2.25. The third-order valence-electron chi connectivity index (χ3n) is 2.87. The van der Waals surface area contributed by atoms with Crippen LogP contribution in [0.5, 0.6) is 5.75 Å². The summed E-state index contributed by atoms with van der Waals surface area (Å²) in [6, 6.07) is 13.9. The van der Waals surface area contributed by atoms with Gasteiger partial charge in [0, 0.05) is 6.42 Å². The lowest BCUT2D eigenvalue weighted by Gasteiger charge is -2.08. The van der Waals surface area contributed by atoms with E-state index in [-0.39, 0.29) is 0 Å². The Morgan fingerprint density at radius 1 is 0.938 bits per heavy atom. The van der Waals surface area contributed by atoms with Gasteiger partial charge in [-0.15, -0.1) is 0 Å². The lowest BCUT2D eigenvalue weighted by molar-refractivity contribution is 0.469. The summed E-state index contributed by atoms with van der Waals surface area (Å²) in [6.07, 6.45) is 0.790. The lowest BCUT2D eigenvalue weighted by Crippen LogP contribution is -1.92. The van der Waals surface area contributed by atoms with E-state index in [2.05, 4.69) is 32.0 Å². The van der Waals surface area contributed by atoms with Gasteiger partial charge in [-0.1, -0.05) is 42.0 Å². The number of phenols is 1. The summed E-state index contributed by atoms with van der Waals surface area (Å²) in [5.41, 5.74) is 4.81. The van der Waals surface area contributed by atoms with Crippen LogP contribution in [0.4, 0.5) is 0 Å². The third-order valence-corrected chi connectivity index (χ3v) is 2.87. The van der Waals surface area contributed by atoms with Crippen LogP contribution in [0.25, 0.3) is 0 Å². The predicted octanol–water partition coefficient (Wildman–Crippen LogP) is 3.60. The molecule has 0 saturated carbocycles. The molecule has 0 fully saturated rings. The van der Waals surface area contributed by atoms with Crippen molar-refractivity contribution in [2.24, 2.45) is 0 Å². The summed E-state index contributed by atoms with van der Waals surface area (Å²) in [7, 11) is 0. The fourth-order valence-electron chi connectivity index (χ4n) is 1.91. The van der Waals surface area contributed by atoms with Gasteiger partial charge in [0.25, 0.3) is 0 Å². The van der Waals surface area contributed by atoms with E-state index in [1.54, 1.807) is 6.07 Å². The van der Waals surface area contributed by atoms with Gasteiger partial charge in [0.2, 0.25) is 0 Å². The van der Waals surface area contributed by atoms with Gasteiger partial charge < -0.3 is 5.11 Å². The van der Waals surface area contributed by atoms with Gasteiger partial charge in [-0.25, -0.2) is 0 Å². The van der Waals surface area contributed by atoms with Crippen LogP contribution in [0.2, 0.25) is 0 Å². The molecule has 16 heavy (non-hydrogen) atoms. The number of benzene rings is 2. The number of aromatic hydroxyl groups is 1. The Bertz CT molecular complexity index is 501. The zero-order valence-electron chi connectivity index (χ0n) is 9.70. The molecule has 2 aromatic carbocycles. The summed E-state index contributed by atoms with van der Waals surface area (Å²) >= 11 is 0. The number of aryl methyl sites for hydroxylation is 2. The van der Waals surface area contributed by atoms with Crippen LogP contribution >= 0.6 is 0 Å². The highest BCUT2D eigenvalue weighted by Gasteiger charge is 2.03. The molecule has 0 aliphatic rings. The summed E-state index contributed by atoms with van der Waals surface area (Å²) < 4.78 is 0. The molecule has 0 atom stereocenters. The minimum absolute atomic E-state index is 0.377. The van der Waals surface area contributed by atoms with Gasteiger partial charge in [0.05, 0.1) is 0 Å². The molecule has 2 rings (SSSR count). The molecule has 0 saturated heterocycles. The van der Waals surface area contributed by atoms with Crippen molar-refractivity contribution in [2.75, 3.05) is 0 Å². The van der Waals surface area contributed by atoms with Crippen LogP contribution in [0, 0.1) is 13.8 Å². The Kier molecular flexibility index (Phi) is 2.95. The molecule has 0 amide bonds. The first-order chi connectivity index (χ1) is 7.66. The fourth-order valence-corrected chi connectivity index (χ4v) is 1.91. The van der Waals surface area contributed by atoms with Crippen LogP contribution in [0.3, 0.4) is 0 Å². The number of rotatable bonds is 2. The van der Waals surface area contributed by atoms with E-state index in [9.17, 15) is 5.11 Å². The first-order valence-corrected chi connectivity index (χ1v) is 5.50. The Balaban J connectivity index is 2.31. The van der Waals surface area contributed by atoms with E-state index in [4.69, 9.17) is 0 Å². The van der Waals surface area contributed by atoms with E-state index >= 15 is 0 Å². The van der Waals surface area contributed by atoms with Crippen LogP contribution < -0.4 is 0 Å². The zero-order valence-corrected chi connectivity index (χ0v) is 9.70. The van der Waals surface area contributed by atoms with Gasteiger partial charge in [0.1, 0.15) is 5.75 Å². The van der Waals surface area contributed by atoms with Crippen molar-refractivity contribution in [1.82, 2.24) is 0 Å². The average molecular weight is 212 g/mol. The lowest BCUT2D eigenvalue weighted by atomic mass is 9.98. The van der Waals surface area contributed by atoms with Crippen LogP contribution in [-0.4, -0.2) is 5.11 Å².